The van der Waals surface area contributed by atoms with Gasteiger partial charge in [-0.1, -0.05) is 77.3 Å². The van der Waals surface area contributed by atoms with Crippen molar-refractivity contribution in [1.29, 1.82) is 0 Å². The molecule has 10 nitrogen and oxygen atoms in total. The number of aromatic nitrogens is 1. The molecule has 3 aromatic carbocycles. The van der Waals surface area contributed by atoms with Gasteiger partial charge in [-0.2, -0.15) is 18.2 Å². The number of hydrogen-bond donors (Lipinski definition) is 2. The van der Waals surface area contributed by atoms with E-state index in [2.05, 4.69) is 10.4 Å². The van der Waals surface area contributed by atoms with Crippen molar-refractivity contribution in [3.05, 3.63) is 123 Å². The number of phenolic OH excluding ortho intramolecular Hbond substituents is 1. The lowest BCUT2D eigenvalue weighted by molar-refractivity contribution is -0.139. The molecule has 2 N–H and O–H groups in total. The lowest BCUT2D eigenvalue weighted by Gasteiger charge is -2.50. The summed E-state index contributed by atoms with van der Waals surface area (Å²) in [5, 5.41) is 12.4. The summed E-state index contributed by atoms with van der Waals surface area (Å²) in [5.41, 5.74) is 1.20. The summed E-state index contributed by atoms with van der Waals surface area (Å²) in [6.07, 6.45) is -2.33. The summed E-state index contributed by atoms with van der Waals surface area (Å²) in [5.74, 6) is -7.75. The molecule has 2 aliphatic heterocycles. The van der Waals surface area contributed by atoms with Crippen molar-refractivity contribution < 1.29 is 42.2 Å². The number of imide groups is 2. The number of anilines is 2. The Morgan fingerprint density at radius 1 is 0.945 bits per heavy atom. The van der Waals surface area contributed by atoms with E-state index in [1.807, 2.05) is 6.08 Å². The van der Waals surface area contributed by atoms with Gasteiger partial charge in [-0.15, -0.1) is 0 Å². The minimum absolute atomic E-state index is 0.0728. The molecule has 8 rings (SSSR count). The second-order valence-corrected chi connectivity index (χ2v) is 14.7. The van der Waals surface area contributed by atoms with Crippen LogP contribution in [0.3, 0.4) is 0 Å². The Kier molecular flexibility index (Phi) is 8.92. The van der Waals surface area contributed by atoms with E-state index < -0.39 is 69.5 Å². The van der Waals surface area contributed by atoms with Crippen molar-refractivity contribution >= 4 is 58.3 Å². The molecule has 0 radical (unpaired) electrons. The number of hydrazine groups is 1. The summed E-state index contributed by atoms with van der Waals surface area (Å²) in [7, 11) is 0. The maximum Gasteiger partial charge on any atom is 0.417 e. The molecule has 3 heterocycles. The van der Waals surface area contributed by atoms with Crippen molar-refractivity contribution in [2.75, 3.05) is 16.9 Å². The molecule has 4 amide bonds. The van der Waals surface area contributed by atoms with E-state index in [9.17, 15) is 32.7 Å². The third-order valence-corrected chi connectivity index (χ3v) is 11.8. The molecule has 6 atom stereocenters. The normalized spacial score (nSPS) is 26.1. The van der Waals surface area contributed by atoms with E-state index in [1.165, 1.54) is 4.90 Å². The van der Waals surface area contributed by atoms with Gasteiger partial charge in [-0.05, 0) is 67.6 Å². The summed E-state index contributed by atoms with van der Waals surface area (Å²) in [6, 6.07) is 20.3. The molecule has 4 aliphatic rings. The number of alkyl halides is 3. The number of ether oxygens (including phenoxy) is 1. The molecule has 1 aromatic heterocycles. The van der Waals surface area contributed by atoms with Crippen LogP contribution in [0.2, 0.25) is 10.0 Å². The van der Waals surface area contributed by atoms with E-state index in [0.29, 0.717) is 39.1 Å². The maximum atomic E-state index is 15.4. The van der Waals surface area contributed by atoms with Crippen molar-refractivity contribution in [3.63, 3.8) is 0 Å². The van der Waals surface area contributed by atoms with Gasteiger partial charge in [0.15, 0.2) is 17.3 Å². The number of halogens is 5. The molecule has 1 saturated carbocycles. The molecule has 4 aromatic rings. The Bertz CT molecular complexity index is 2290. The molecule has 55 heavy (non-hydrogen) atoms. The zero-order valence-corrected chi connectivity index (χ0v) is 30.4. The Morgan fingerprint density at radius 2 is 1.67 bits per heavy atom. The van der Waals surface area contributed by atoms with Crippen LogP contribution in [0.1, 0.15) is 42.4 Å². The molecule has 0 spiro atoms. The van der Waals surface area contributed by atoms with Crippen LogP contribution in [0.5, 0.6) is 11.5 Å². The number of phenols is 1. The smallest absolute Gasteiger partial charge is 0.417 e. The Balaban J connectivity index is 1.33. The quantitative estimate of drug-likeness (QED) is 0.144. The predicted molar refractivity (Wildman–Crippen MR) is 195 cm³/mol. The minimum Gasteiger partial charge on any atom is -0.504 e. The fourth-order valence-corrected chi connectivity index (χ4v) is 9.34. The number of nitrogens with zero attached hydrogens (tertiary/aromatic N) is 3. The Morgan fingerprint density at radius 3 is 2.35 bits per heavy atom. The molecule has 2 aliphatic carbocycles. The number of nitrogens with one attached hydrogen (secondary N) is 1. The van der Waals surface area contributed by atoms with Crippen LogP contribution in [0.15, 0.2) is 96.7 Å². The van der Waals surface area contributed by atoms with Gasteiger partial charge in [0.05, 0.1) is 46.0 Å². The molecular formula is C40H31Cl2F3N4O6. The number of amides is 4. The van der Waals surface area contributed by atoms with E-state index >= 15 is 4.79 Å². The standard InChI is InChI=1S/C40H31Cl2F3N4O6/c1-2-55-30-10-6-9-26(33(30)50)32-24-15-16-25-31(37(53)48(35(25)51)23-7-4-3-5-8-23)27(24)18-28-36(52)49(38(54)39(28,32)20-11-13-22(41)14-12-20)47-34-29(42)17-21(19-46-34)40(43,44)45/h3-15,17,19,25,27-28,31-32,50H,2,16,18H2,1H3,(H,46,47). The monoisotopic (exact) mass is 790 g/mol. The molecule has 15 heteroatoms. The first kappa shape index (κ1) is 36.6. The Labute approximate surface area is 322 Å². The number of allylic oxidation sites excluding steroid dienone is 2. The fourth-order valence-electron chi connectivity index (χ4n) is 9.00. The van der Waals surface area contributed by atoms with E-state index in [4.69, 9.17) is 27.9 Å². The molecular weight excluding hydrogens is 760 g/mol. The third kappa shape index (κ3) is 5.57. The highest BCUT2D eigenvalue weighted by Gasteiger charge is 2.71. The number of carbonyl (C=O) groups excluding carboxylic acids is 4. The second-order valence-electron chi connectivity index (χ2n) is 13.9. The number of para-hydroxylation sites is 2. The van der Waals surface area contributed by atoms with E-state index in [0.717, 1.165) is 0 Å². The molecule has 0 bridgehead atoms. The zero-order chi connectivity index (χ0) is 39.0. The molecule has 3 fully saturated rings. The summed E-state index contributed by atoms with van der Waals surface area (Å²) >= 11 is 12.6. The van der Waals surface area contributed by atoms with Crippen LogP contribution >= 0.6 is 23.2 Å². The fraction of sp³-hybridized carbons (Fsp3) is 0.275. The highest BCUT2D eigenvalue weighted by atomic mass is 35.5. The van der Waals surface area contributed by atoms with Gasteiger partial charge in [0.1, 0.15) is 0 Å². The SMILES string of the molecule is CCOc1cccc(C2C3=CCC4C(=O)N(c5ccccc5)C(=O)C4C3CC3C(=O)N(Nc4ncc(C(F)(F)F)cc4Cl)C(=O)C32c2ccc(Cl)cc2)c1O. The van der Waals surface area contributed by atoms with Crippen LogP contribution in [-0.4, -0.2) is 45.3 Å². The van der Waals surface area contributed by atoms with Gasteiger partial charge < -0.3 is 9.84 Å². The van der Waals surface area contributed by atoms with Gasteiger partial charge >= 0.3 is 6.18 Å². The highest BCUT2D eigenvalue weighted by Crippen LogP contribution is 2.65. The van der Waals surface area contributed by atoms with Crippen LogP contribution < -0.4 is 15.1 Å². The van der Waals surface area contributed by atoms with Crippen molar-refractivity contribution in [2.24, 2.45) is 23.7 Å². The lowest BCUT2D eigenvalue weighted by atomic mass is 9.49. The largest absolute Gasteiger partial charge is 0.504 e. The average molecular weight is 792 g/mol. The van der Waals surface area contributed by atoms with Gasteiger partial charge in [-0.3, -0.25) is 29.5 Å². The highest BCUT2D eigenvalue weighted by molar-refractivity contribution is 6.33. The van der Waals surface area contributed by atoms with Crippen molar-refractivity contribution in [1.82, 2.24) is 9.99 Å². The predicted octanol–water partition coefficient (Wildman–Crippen LogP) is 7.70. The van der Waals surface area contributed by atoms with Crippen molar-refractivity contribution in [2.45, 2.75) is 37.3 Å². The minimum atomic E-state index is -4.76. The average Bonchev–Trinajstić information content (AvgIpc) is 3.54. The third-order valence-electron chi connectivity index (χ3n) is 11.2. The van der Waals surface area contributed by atoms with Gasteiger partial charge in [-0.25, -0.2) is 4.98 Å². The number of pyridine rings is 1. The summed E-state index contributed by atoms with van der Waals surface area (Å²) in [6.45, 7) is 1.94. The first-order valence-electron chi connectivity index (χ1n) is 17.5. The van der Waals surface area contributed by atoms with Crippen LogP contribution in [-0.2, 0) is 30.8 Å². The second kappa shape index (κ2) is 13.4. The number of fused-ring (bicyclic) bond motifs is 4. The molecule has 6 unspecified atom stereocenters. The van der Waals surface area contributed by atoms with Crippen molar-refractivity contribution in [3.8, 4) is 11.5 Å². The van der Waals surface area contributed by atoms with Gasteiger partial charge in [0.25, 0.3) is 11.8 Å². The first-order chi connectivity index (χ1) is 26.3. The number of aromatic hydroxyl groups is 1. The summed E-state index contributed by atoms with van der Waals surface area (Å²) in [4.78, 5) is 63.6. The Hall–Kier alpha value is -5.40. The van der Waals surface area contributed by atoms with Crippen LogP contribution in [0.4, 0.5) is 24.7 Å². The maximum absolute atomic E-state index is 15.4. The summed E-state index contributed by atoms with van der Waals surface area (Å²) < 4.78 is 46.2. The number of rotatable bonds is 7. The molecule has 2 saturated heterocycles. The van der Waals surface area contributed by atoms with E-state index in [1.54, 1.807) is 79.7 Å². The van der Waals surface area contributed by atoms with Gasteiger partial charge in [0.2, 0.25) is 11.8 Å². The van der Waals surface area contributed by atoms with Crippen LogP contribution in [0, 0.1) is 23.7 Å². The van der Waals surface area contributed by atoms with Gasteiger partial charge in [0, 0.05) is 22.7 Å². The molecule has 282 valence electrons. The number of benzene rings is 3. The lowest BCUT2D eigenvalue weighted by Crippen LogP contribution is -2.53. The zero-order valence-electron chi connectivity index (χ0n) is 28.9. The topological polar surface area (TPSA) is 129 Å². The number of hydrogen-bond acceptors (Lipinski definition) is 8. The first-order valence-corrected chi connectivity index (χ1v) is 18.3. The van der Waals surface area contributed by atoms with Crippen LogP contribution in [0.25, 0.3) is 0 Å². The van der Waals surface area contributed by atoms with E-state index in [-0.39, 0.29) is 48.2 Å². The number of carbonyl (C=O) groups is 4.